The smallest absolute Gasteiger partial charge is 0.0403 e. The second kappa shape index (κ2) is 4.56. The number of rotatable bonds is 2. The van der Waals surface area contributed by atoms with Crippen LogP contribution in [0.2, 0.25) is 0 Å². The highest BCUT2D eigenvalue weighted by Crippen LogP contribution is 2.24. The maximum Gasteiger partial charge on any atom is 0.0403 e. The first-order valence-electron chi connectivity index (χ1n) is 5.55. The van der Waals surface area contributed by atoms with E-state index in [1.807, 2.05) is 6.20 Å². The molecule has 0 amide bonds. The van der Waals surface area contributed by atoms with Crippen molar-refractivity contribution in [2.45, 2.75) is 32.1 Å². The first kappa shape index (κ1) is 9.66. The van der Waals surface area contributed by atoms with E-state index in [9.17, 15) is 0 Å². The summed E-state index contributed by atoms with van der Waals surface area (Å²) in [4.78, 5) is 4.34. The lowest BCUT2D eigenvalue weighted by molar-refractivity contribution is 0.460. The molecular weight excluding hydrogens is 172 g/mol. The average molecular weight is 190 g/mol. The molecule has 1 N–H and O–H groups in total. The average Bonchev–Trinajstić information content (AvgIpc) is 2.30. The van der Waals surface area contributed by atoms with E-state index in [2.05, 4.69) is 29.4 Å². The molecule has 0 saturated carbocycles. The first-order valence-corrected chi connectivity index (χ1v) is 5.55. The van der Waals surface area contributed by atoms with E-state index in [1.54, 1.807) is 0 Å². The minimum atomic E-state index is 0.754. The molecule has 0 aromatic carbocycles. The highest BCUT2D eigenvalue weighted by Gasteiger charge is 2.14. The second-order valence-corrected chi connectivity index (χ2v) is 3.96. The summed E-state index contributed by atoms with van der Waals surface area (Å²) < 4.78 is 0. The fourth-order valence-corrected chi connectivity index (χ4v) is 2.10. The highest BCUT2D eigenvalue weighted by atomic mass is 14.9. The molecule has 1 aromatic heterocycles. The molecule has 1 aliphatic heterocycles. The van der Waals surface area contributed by atoms with Gasteiger partial charge in [-0.3, -0.25) is 4.98 Å². The van der Waals surface area contributed by atoms with Crippen LogP contribution < -0.4 is 5.32 Å². The van der Waals surface area contributed by atoms with Crippen molar-refractivity contribution >= 4 is 0 Å². The number of nitrogens with zero attached hydrogens (tertiary/aromatic N) is 1. The molecular formula is C12H18N2. The van der Waals surface area contributed by atoms with Crippen molar-refractivity contribution in [1.29, 1.82) is 0 Å². The van der Waals surface area contributed by atoms with Gasteiger partial charge in [-0.2, -0.15) is 0 Å². The number of hydrogen-bond acceptors (Lipinski definition) is 2. The van der Waals surface area contributed by atoms with Gasteiger partial charge in [0.2, 0.25) is 0 Å². The molecule has 14 heavy (non-hydrogen) atoms. The molecule has 1 aliphatic rings. The standard InChI is InChI=1S/C12H18N2/c1-2-12-9-11(5-8-14-12)10-3-6-13-7-4-10/h5,8-10,13H,2-4,6-7H2,1H3. The lowest BCUT2D eigenvalue weighted by Crippen LogP contribution is -2.26. The molecule has 0 atom stereocenters. The summed E-state index contributed by atoms with van der Waals surface area (Å²) in [5.74, 6) is 0.754. The molecule has 0 bridgehead atoms. The molecule has 0 radical (unpaired) electrons. The Kier molecular flexibility index (Phi) is 3.14. The molecule has 2 rings (SSSR count). The zero-order chi connectivity index (χ0) is 9.80. The Morgan fingerprint density at radius 1 is 1.43 bits per heavy atom. The zero-order valence-corrected chi connectivity index (χ0v) is 8.79. The molecule has 2 heteroatoms. The van der Waals surface area contributed by atoms with E-state index in [1.165, 1.54) is 24.1 Å². The van der Waals surface area contributed by atoms with E-state index in [-0.39, 0.29) is 0 Å². The summed E-state index contributed by atoms with van der Waals surface area (Å²) in [5, 5.41) is 3.40. The van der Waals surface area contributed by atoms with Crippen LogP contribution in [0.5, 0.6) is 0 Å². The van der Waals surface area contributed by atoms with Crippen molar-refractivity contribution in [1.82, 2.24) is 10.3 Å². The Morgan fingerprint density at radius 3 is 2.93 bits per heavy atom. The molecule has 0 spiro atoms. The fourth-order valence-electron chi connectivity index (χ4n) is 2.10. The van der Waals surface area contributed by atoms with Crippen LogP contribution in [0.3, 0.4) is 0 Å². The van der Waals surface area contributed by atoms with Gasteiger partial charge in [0.25, 0.3) is 0 Å². The van der Waals surface area contributed by atoms with Crippen LogP contribution in [0.15, 0.2) is 18.3 Å². The highest BCUT2D eigenvalue weighted by molar-refractivity contribution is 5.21. The number of hydrogen-bond donors (Lipinski definition) is 1. The van der Waals surface area contributed by atoms with E-state index in [0.29, 0.717) is 0 Å². The minimum Gasteiger partial charge on any atom is -0.317 e. The molecule has 2 nitrogen and oxygen atoms in total. The molecule has 0 unspecified atom stereocenters. The third kappa shape index (κ3) is 2.13. The van der Waals surface area contributed by atoms with Gasteiger partial charge in [-0.25, -0.2) is 0 Å². The number of aromatic nitrogens is 1. The fraction of sp³-hybridized carbons (Fsp3) is 0.583. The van der Waals surface area contributed by atoms with Crippen LogP contribution in [0.25, 0.3) is 0 Å². The Balaban J connectivity index is 2.13. The van der Waals surface area contributed by atoms with Gasteiger partial charge in [-0.1, -0.05) is 6.92 Å². The zero-order valence-electron chi connectivity index (χ0n) is 8.79. The molecule has 1 fully saturated rings. The van der Waals surface area contributed by atoms with E-state index in [4.69, 9.17) is 0 Å². The van der Waals surface area contributed by atoms with Gasteiger partial charge in [0.1, 0.15) is 0 Å². The number of piperidine rings is 1. The van der Waals surface area contributed by atoms with Gasteiger partial charge in [-0.05, 0) is 56.0 Å². The first-order chi connectivity index (χ1) is 6.90. The Hall–Kier alpha value is -0.890. The largest absolute Gasteiger partial charge is 0.317 e. The number of aryl methyl sites for hydroxylation is 1. The maximum atomic E-state index is 4.34. The molecule has 76 valence electrons. The van der Waals surface area contributed by atoms with Crippen molar-refractivity contribution in [2.75, 3.05) is 13.1 Å². The van der Waals surface area contributed by atoms with E-state index >= 15 is 0 Å². The third-order valence-electron chi connectivity index (χ3n) is 3.01. The van der Waals surface area contributed by atoms with Crippen LogP contribution in [-0.4, -0.2) is 18.1 Å². The lowest BCUT2D eigenvalue weighted by atomic mass is 9.90. The van der Waals surface area contributed by atoms with Crippen LogP contribution >= 0.6 is 0 Å². The van der Waals surface area contributed by atoms with Crippen LogP contribution in [0, 0.1) is 0 Å². The van der Waals surface area contributed by atoms with Crippen molar-refractivity contribution in [2.24, 2.45) is 0 Å². The number of nitrogens with one attached hydrogen (secondary N) is 1. The normalized spacial score (nSPS) is 18.4. The second-order valence-electron chi connectivity index (χ2n) is 3.96. The van der Waals surface area contributed by atoms with Gasteiger partial charge >= 0.3 is 0 Å². The molecule has 1 aromatic rings. The maximum absolute atomic E-state index is 4.34. The summed E-state index contributed by atoms with van der Waals surface area (Å²) in [6, 6.07) is 4.45. The number of pyridine rings is 1. The summed E-state index contributed by atoms with van der Waals surface area (Å²) in [7, 11) is 0. The Labute approximate surface area is 85.7 Å². The Morgan fingerprint density at radius 2 is 2.21 bits per heavy atom. The van der Waals surface area contributed by atoms with E-state index in [0.717, 1.165) is 25.4 Å². The Bertz CT molecular complexity index is 290. The lowest BCUT2D eigenvalue weighted by Gasteiger charge is -2.23. The van der Waals surface area contributed by atoms with Gasteiger partial charge in [0, 0.05) is 11.9 Å². The van der Waals surface area contributed by atoms with Crippen LogP contribution in [-0.2, 0) is 6.42 Å². The van der Waals surface area contributed by atoms with Crippen molar-refractivity contribution < 1.29 is 0 Å². The van der Waals surface area contributed by atoms with Gasteiger partial charge < -0.3 is 5.32 Å². The van der Waals surface area contributed by atoms with Gasteiger partial charge in [-0.15, -0.1) is 0 Å². The van der Waals surface area contributed by atoms with Gasteiger partial charge in [0.15, 0.2) is 0 Å². The summed E-state index contributed by atoms with van der Waals surface area (Å²) in [6.07, 6.45) is 5.54. The summed E-state index contributed by atoms with van der Waals surface area (Å²) in [5.41, 5.74) is 2.71. The SMILES string of the molecule is CCc1cc(C2CCNCC2)ccn1. The molecule has 0 aliphatic carbocycles. The van der Waals surface area contributed by atoms with Gasteiger partial charge in [0.05, 0.1) is 0 Å². The van der Waals surface area contributed by atoms with Crippen molar-refractivity contribution in [3.8, 4) is 0 Å². The predicted molar refractivity (Wildman–Crippen MR) is 58.5 cm³/mol. The molecule has 2 heterocycles. The topological polar surface area (TPSA) is 24.9 Å². The third-order valence-corrected chi connectivity index (χ3v) is 3.01. The van der Waals surface area contributed by atoms with Crippen molar-refractivity contribution in [3.63, 3.8) is 0 Å². The minimum absolute atomic E-state index is 0.754. The van der Waals surface area contributed by atoms with Crippen LogP contribution in [0.1, 0.15) is 36.9 Å². The van der Waals surface area contributed by atoms with Crippen LogP contribution in [0.4, 0.5) is 0 Å². The van der Waals surface area contributed by atoms with E-state index < -0.39 is 0 Å². The van der Waals surface area contributed by atoms with Crippen molar-refractivity contribution in [3.05, 3.63) is 29.6 Å². The molecule has 1 saturated heterocycles. The predicted octanol–water partition coefficient (Wildman–Crippen LogP) is 2.11. The summed E-state index contributed by atoms with van der Waals surface area (Å²) in [6.45, 7) is 4.48. The monoisotopic (exact) mass is 190 g/mol. The summed E-state index contributed by atoms with van der Waals surface area (Å²) >= 11 is 0. The quantitative estimate of drug-likeness (QED) is 0.772.